The molecular weight excluding hydrogens is 253 g/mol. The van der Waals surface area contributed by atoms with Crippen LogP contribution in [-0.4, -0.2) is 18.3 Å². The fourth-order valence-electron chi connectivity index (χ4n) is 2.23. The zero-order valence-electron chi connectivity index (χ0n) is 12.1. The molecule has 1 aromatic heterocycles. The molecule has 0 bridgehead atoms. The molecule has 0 radical (unpaired) electrons. The van der Waals surface area contributed by atoms with Gasteiger partial charge in [-0.05, 0) is 39.2 Å². The summed E-state index contributed by atoms with van der Waals surface area (Å²) < 4.78 is 17.5. The van der Waals surface area contributed by atoms with Crippen molar-refractivity contribution in [3.63, 3.8) is 0 Å². The molecule has 2 heterocycles. The summed E-state index contributed by atoms with van der Waals surface area (Å²) in [5.74, 6) is 0.311. The van der Waals surface area contributed by atoms with E-state index in [4.69, 9.17) is 19.0 Å². The van der Waals surface area contributed by atoms with Crippen LogP contribution in [0.25, 0.3) is 11.0 Å². The number of hydrogen-bond donors (Lipinski definition) is 0. The van der Waals surface area contributed by atoms with Gasteiger partial charge in [-0.1, -0.05) is 12.1 Å². The third-order valence-electron chi connectivity index (χ3n) is 4.18. The Balaban J connectivity index is 1.98. The predicted octanol–water partition coefficient (Wildman–Crippen LogP) is 2.60. The van der Waals surface area contributed by atoms with Gasteiger partial charge in [0.15, 0.2) is 0 Å². The lowest BCUT2D eigenvalue weighted by atomic mass is 9.79. The Morgan fingerprint density at radius 3 is 2.30 bits per heavy atom. The molecule has 0 unspecified atom stereocenters. The van der Waals surface area contributed by atoms with E-state index in [1.807, 2.05) is 52.0 Å². The smallest absolute Gasteiger partial charge is 0.446 e. The molecule has 3 rings (SSSR count). The fourth-order valence-corrected chi connectivity index (χ4v) is 2.23. The predicted molar refractivity (Wildman–Crippen MR) is 76.6 cm³/mol. The van der Waals surface area contributed by atoms with E-state index in [0.717, 1.165) is 10.8 Å². The standard InChI is InChI=1S/C15H16BNO3/c1-14(2)15(3,4)20-16(19-14)11-6-5-10-7-12(9-17)18-13(10)8-11/h5-8H,1-4H3. The third-order valence-corrected chi connectivity index (χ3v) is 4.18. The van der Waals surface area contributed by atoms with Gasteiger partial charge in [-0.3, -0.25) is 0 Å². The number of hydrogen-bond acceptors (Lipinski definition) is 4. The summed E-state index contributed by atoms with van der Waals surface area (Å²) in [7, 11) is -0.417. The van der Waals surface area contributed by atoms with Crippen LogP contribution >= 0.6 is 0 Å². The molecule has 0 saturated carbocycles. The maximum absolute atomic E-state index is 8.86. The monoisotopic (exact) mass is 269 g/mol. The van der Waals surface area contributed by atoms with E-state index < -0.39 is 7.12 Å². The van der Waals surface area contributed by atoms with E-state index in [2.05, 4.69) is 0 Å². The summed E-state index contributed by atoms with van der Waals surface area (Å²) in [5, 5.41) is 9.77. The van der Waals surface area contributed by atoms with Gasteiger partial charge in [0.25, 0.3) is 0 Å². The molecular formula is C15H16BNO3. The minimum atomic E-state index is -0.417. The second-order valence-corrected chi connectivity index (χ2v) is 6.11. The molecule has 1 aliphatic heterocycles. The van der Waals surface area contributed by atoms with Crippen molar-refractivity contribution in [2.24, 2.45) is 0 Å². The van der Waals surface area contributed by atoms with Crippen molar-refractivity contribution < 1.29 is 13.7 Å². The maximum atomic E-state index is 8.86. The number of furan rings is 1. The third kappa shape index (κ3) is 1.93. The zero-order valence-corrected chi connectivity index (χ0v) is 12.1. The first-order valence-electron chi connectivity index (χ1n) is 6.62. The highest BCUT2D eigenvalue weighted by Crippen LogP contribution is 2.36. The zero-order chi connectivity index (χ0) is 14.5. The van der Waals surface area contributed by atoms with Gasteiger partial charge in [0.1, 0.15) is 11.7 Å². The van der Waals surface area contributed by atoms with Gasteiger partial charge in [0.05, 0.1) is 11.2 Å². The Hall–Kier alpha value is -1.77. The van der Waals surface area contributed by atoms with Gasteiger partial charge >= 0.3 is 7.12 Å². The van der Waals surface area contributed by atoms with Crippen LogP contribution in [0.5, 0.6) is 0 Å². The topological polar surface area (TPSA) is 55.4 Å². The largest absolute Gasteiger partial charge is 0.494 e. The fraction of sp³-hybridized carbons (Fsp3) is 0.400. The Kier molecular flexibility index (Phi) is 2.72. The van der Waals surface area contributed by atoms with E-state index in [1.54, 1.807) is 6.07 Å². The van der Waals surface area contributed by atoms with Crippen LogP contribution in [0.2, 0.25) is 0 Å². The second kappa shape index (κ2) is 4.11. The lowest BCUT2D eigenvalue weighted by Gasteiger charge is -2.32. The summed E-state index contributed by atoms with van der Waals surface area (Å²) in [6, 6.07) is 9.46. The second-order valence-electron chi connectivity index (χ2n) is 6.11. The van der Waals surface area contributed by atoms with Gasteiger partial charge < -0.3 is 13.7 Å². The van der Waals surface area contributed by atoms with Crippen molar-refractivity contribution in [2.45, 2.75) is 38.9 Å². The Bertz CT molecular complexity index is 695. The molecule has 0 atom stereocenters. The maximum Gasteiger partial charge on any atom is 0.494 e. The van der Waals surface area contributed by atoms with E-state index >= 15 is 0 Å². The van der Waals surface area contributed by atoms with Crippen molar-refractivity contribution in [1.82, 2.24) is 0 Å². The highest BCUT2D eigenvalue weighted by Gasteiger charge is 2.51. The normalized spacial score (nSPS) is 20.2. The van der Waals surface area contributed by atoms with Crippen LogP contribution < -0.4 is 5.46 Å². The minimum absolute atomic E-state index is 0.311. The number of nitriles is 1. The average Bonchev–Trinajstić information content (AvgIpc) is 2.87. The number of fused-ring (bicyclic) bond motifs is 1. The number of rotatable bonds is 1. The van der Waals surface area contributed by atoms with Crippen molar-refractivity contribution in [3.05, 3.63) is 30.0 Å². The molecule has 0 N–H and O–H groups in total. The first kappa shape index (κ1) is 13.2. The molecule has 1 saturated heterocycles. The molecule has 0 amide bonds. The molecule has 0 aliphatic carbocycles. The highest BCUT2D eigenvalue weighted by molar-refractivity contribution is 6.62. The van der Waals surface area contributed by atoms with Gasteiger partial charge in [-0.25, -0.2) is 0 Å². The lowest BCUT2D eigenvalue weighted by Crippen LogP contribution is -2.41. The number of benzene rings is 1. The van der Waals surface area contributed by atoms with Gasteiger partial charge in [-0.15, -0.1) is 0 Å². The summed E-state index contributed by atoms with van der Waals surface area (Å²) in [4.78, 5) is 0. The van der Waals surface area contributed by atoms with E-state index in [1.165, 1.54) is 0 Å². The van der Waals surface area contributed by atoms with Crippen LogP contribution in [0, 0.1) is 11.3 Å². The number of nitrogens with zero attached hydrogens (tertiary/aromatic N) is 1. The summed E-state index contributed by atoms with van der Waals surface area (Å²) >= 11 is 0. The summed E-state index contributed by atoms with van der Waals surface area (Å²) in [5.41, 5.74) is 0.838. The molecule has 20 heavy (non-hydrogen) atoms. The van der Waals surface area contributed by atoms with Gasteiger partial charge in [-0.2, -0.15) is 5.26 Å². The van der Waals surface area contributed by atoms with Crippen LogP contribution in [-0.2, 0) is 9.31 Å². The lowest BCUT2D eigenvalue weighted by molar-refractivity contribution is 0.00578. The highest BCUT2D eigenvalue weighted by atomic mass is 16.7. The van der Waals surface area contributed by atoms with E-state index in [-0.39, 0.29) is 11.2 Å². The van der Waals surface area contributed by atoms with E-state index in [0.29, 0.717) is 11.3 Å². The molecule has 102 valence electrons. The van der Waals surface area contributed by atoms with Crippen molar-refractivity contribution in [1.29, 1.82) is 5.26 Å². The summed E-state index contributed by atoms with van der Waals surface area (Å²) in [6.45, 7) is 8.08. The van der Waals surface area contributed by atoms with Crippen molar-refractivity contribution >= 4 is 23.6 Å². The quantitative estimate of drug-likeness (QED) is 0.747. The minimum Gasteiger partial charge on any atom is -0.446 e. The molecule has 1 aliphatic rings. The molecule has 5 heteroatoms. The van der Waals surface area contributed by atoms with Crippen molar-refractivity contribution in [2.75, 3.05) is 0 Å². The summed E-state index contributed by atoms with van der Waals surface area (Å²) in [6.07, 6.45) is 0. The van der Waals surface area contributed by atoms with E-state index in [9.17, 15) is 0 Å². The molecule has 1 aromatic carbocycles. The molecule has 2 aromatic rings. The van der Waals surface area contributed by atoms with Gasteiger partial charge in [0, 0.05) is 11.5 Å². The Labute approximate surface area is 118 Å². The van der Waals surface area contributed by atoms with Crippen LogP contribution in [0.4, 0.5) is 0 Å². The van der Waals surface area contributed by atoms with Gasteiger partial charge in [0.2, 0.25) is 5.76 Å². The van der Waals surface area contributed by atoms with Crippen molar-refractivity contribution in [3.8, 4) is 6.07 Å². The molecule has 0 spiro atoms. The molecule has 1 fully saturated rings. The SMILES string of the molecule is CC1(C)OB(c2ccc3cc(C#N)oc3c2)OC1(C)C. The van der Waals surface area contributed by atoms with Crippen LogP contribution in [0.1, 0.15) is 33.5 Å². The Morgan fingerprint density at radius 2 is 1.70 bits per heavy atom. The average molecular weight is 269 g/mol. The first-order chi connectivity index (χ1) is 9.32. The van der Waals surface area contributed by atoms with Crippen LogP contribution in [0.3, 0.4) is 0 Å². The van der Waals surface area contributed by atoms with Crippen LogP contribution in [0.15, 0.2) is 28.7 Å². The Morgan fingerprint density at radius 1 is 1.05 bits per heavy atom. The molecule has 4 nitrogen and oxygen atoms in total. The first-order valence-corrected chi connectivity index (χ1v) is 6.62.